The van der Waals surface area contributed by atoms with E-state index in [1.165, 1.54) is 11.8 Å². The highest BCUT2D eigenvalue weighted by Gasteiger charge is 2.13. The molecule has 126 valence electrons. The third kappa shape index (κ3) is 3.80. The molecule has 0 saturated heterocycles. The minimum Gasteiger partial charge on any atom is -0.467 e. The molecule has 0 unspecified atom stereocenters. The van der Waals surface area contributed by atoms with E-state index in [2.05, 4.69) is 41.7 Å². The van der Waals surface area contributed by atoms with Crippen LogP contribution in [-0.2, 0) is 12.3 Å². The molecule has 0 bridgehead atoms. The third-order valence-electron chi connectivity index (χ3n) is 3.25. The summed E-state index contributed by atoms with van der Waals surface area (Å²) >= 11 is 4.85. The number of nitrogens with zero attached hydrogens (tertiary/aromatic N) is 6. The van der Waals surface area contributed by atoms with Crippen molar-refractivity contribution in [1.29, 1.82) is 0 Å². The molecule has 4 aromatic rings. The zero-order valence-corrected chi connectivity index (χ0v) is 15.1. The van der Waals surface area contributed by atoms with Crippen LogP contribution in [0.3, 0.4) is 0 Å². The van der Waals surface area contributed by atoms with Crippen molar-refractivity contribution in [3.63, 3.8) is 0 Å². The summed E-state index contributed by atoms with van der Waals surface area (Å²) in [5, 5.41) is 20.5. The lowest BCUT2D eigenvalue weighted by atomic mass is 10.2. The molecule has 3 aromatic heterocycles. The van der Waals surface area contributed by atoms with Gasteiger partial charge in [0.2, 0.25) is 16.9 Å². The van der Waals surface area contributed by atoms with Crippen LogP contribution < -0.4 is 0 Å². The Labute approximate surface area is 154 Å². The maximum Gasteiger partial charge on any atom is 0.247 e. The summed E-state index contributed by atoms with van der Waals surface area (Å²) in [7, 11) is 0. The molecule has 3 heterocycles. The second-order valence-corrected chi connectivity index (χ2v) is 6.86. The summed E-state index contributed by atoms with van der Waals surface area (Å²) in [4.78, 5) is 0. The first-order valence-corrected chi connectivity index (χ1v) is 9.05. The second kappa shape index (κ2) is 7.19. The number of aromatic nitrogens is 6. The summed E-state index contributed by atoms with van der Waals surface area (Å²) in [6, 6.07) is 11.4. The van der Waals surface area contributed by atoms with E-state index in [-0.39, 0.29) is 0 Å². The van der Waals surface area contributed by atoms with Gasteiger partial charge in [-0.25, -0.2) is 4.68 Å². The highest BCUT2D eigenvalue weighted by atomic mass is 79.9. The minimum atomic E-state index is 0.468. The summed E-state index contributed by atoms with van der Waals surface area (Å²) < 4.78 is 13.6. The molecule has 0 N–H and O–H groups in total. The summed E-state index contributed by atoms with van der Waals surface area (Å²) in [5.74, 6) is 2.24. The number of thioether (sulfide) groups is 1. The quantitative estimate of drug-likeness (QED) is 0.439. The Kier molecular flexibility index (Phi) is 4.61. The van der Waals surface area contributed by atoms with Gasteiger partial charge in [-0.2, -0.15) is 0 Å². The van der Waals surface area contributed by atoms with Gasteiger partial charge in [0, 0.05) is 10.0 Å². The maximum atomic E-state index is 5.71. The van der Waals surface area contributed by atoms with Crippen LogP contribution in [0.2, 0.25) is 0 Å². The zero-order valence-electron chi connectivity index (χ0n) is 12.7. The topological polar surface area (TPSA) is 95.7 Å². The molecule has 0 atom stereocenters. The molecule has 0 spiro atoms. The van der Waals surface area contributed by atoms with Crippen LogP contribution >= 0.6 is 27.7 Å². The van der Waals surface area contributed by atoms with Crippen molar-refractivity contribution < 1.29 is 8.83 Å². The van der Waals surface area contributed by atoms with E-state index in [4.69, 9.17) is 8.83 Å². The van der Waals surface area contributed by atoms with E-state index in [9.17, 15) is 0 Å². The average molecular weight is 419 g/mol. The largest absolute Gasteiger partial charge is 0.467 e. The smallest absolute Gasteiger partial charge is 0.247 e. The molecule has 1 aromatic carbocycles. The minimum absolute atomic E-state index is 0.468. The van der Waals surface area contributed by atoms with Crippen molar-refractivity contribution in [1.82, 2.24) is 30.4 Å². The van der Waals surface area contributed by atoms with Crippen molar-refractivity contribution >= 4 is 27.7 Å². The van der Waals surface area contributed by atoms with Crippen LogP contribution in [0.1, 0.15) is 11.7 Å². The van der Waals surface area contributed by atoms with Crippen molar-refractivity contribution in [3.05, 3.63) is 58.8 Å². The van der Waals surface area contributed by atoms with Crippen LogP contribution in [0.4, 0.5) is 0 Å². The van der Waals surface area contributed by atoms with Crippen molar-refractivity contribution in [2.45, 2.75) is 17.5 Å². The molecule has 0 saturated carbocycles. The van der Waals surface area contributed by atoms with E-state index < -0.39 is 0 Å². The van der Waals surface area contributed by atoms with Crippen LogP contribution in [0, 0.1) is 0 Å². The fraction of sp³-hybridized carbons (Fsp3) is 0.133. The first-order chi connectivity index (χ1) is 12.3. The fourth-order valence-corrected chi connectivity index (χ4v) is 3.24. The molecule has 0 aliphatic rings. The van der Waals surface area contributed by atoms with Gasteiger partial charge in [-0.1, -0.05) is 33.8 Å². The van der Waals surface area contributed by atoms with Gasteiger partial charge >= 0.3 is 0 Å². The second-order valence-electron chi connectivity index (χ2n) is 5.00. The Bertz CT molecular complexity index is 968. The average Bonchev–Trinajstić information content (AvgIpc) is 3.36. The molecule has 4 rings (SSSR count). The monoisotopic (exact) mass is 418 g/mol. The van der Waals surface area contributed by atoms with Gasteiger partial charge < -0.3 is 8.83 Å². The van der Waals surface area contributed by atoms with Gasteiger partial charge in [-0.3, -0.25) is 0 Å². The number of furan rings is 1. The number of hydrogen-bond acceptors (Lipinski definition) is 8. The Balaban J connectivity index is 1.43. The van der Waals surface area contributed by atoms with E-state index in [0.29, 0.717) is 29.2 Å². The highest BCUT2D eigenvalue weighted by molar-refractivity contribution is 9.10. The van der Waals surface area contributed by atoms with Crippen LogP contribution in [0.25, 0.3) is 11.5 Å². The van der Waals surface area contributed by atoms with Gasteiger partial charge in [0.15, 0.2) is 0 Å². The molecule has 0 radical (unpaired) electrons. The number of rotatable bonds is 6. The molecule has 10 heteroatoms. The van der Waals surface area contributed by atoms with E-state index in [1.807, 2.05) is 36.4 Å². The fourth-order valence-electron chi connectivity index (χ4n) is 2.13. The normalized spacial score (nSPS) is 11.1. The lowest BCUT2D eigenvalue weighted by Gasteiger charge is -2.00. The zero-order chi connectivity index (χ0) is 17.1. The third-order valence-corrected chi connectivity index (χ3v) is 4.68. The summed E-state index contributed by atoms with van der Waals surface area (Å²) in [6.45, 7) is 0.468. The lowest BCUT2D eigenvalue weighted by Crippen LogP contribution is -2.03. The van der Waals surface area contributed by atoms with E-state index in [1.54, 1.807) is 10.9 Å². The van der Waals surface area contributed by atoms with E-state index in [0.717, 1.165) is 15.8 Å². The van der Waals surface area contributed by atoms with Gasteiger partial charge in [0.1, 0.15) is 12.3 Å². The molecule has 0 fully saturated rings. The van der Waals surface area contributed by atoms with Crippen molar-refractivity contribution in [2.75, 3.05) is 0 Å². The number of hydrogen-bond donors (Lipinski definition) is 0. The van der Waals surface area contributed by atoms with Gasteiger partial charge in [-0.15, -0.1) is 15.3 Å². The molecular weight excluding hydrogens is 408 g/mol. The van der Waals surface area contributed by atoms with Crippen LogP contribution in [-0.4, -0.2) is 30.4 Å². The number of tetrazole rings is 1. The Hall–Kier alpha value is -2.46. The Morgan fingerprint density at radius 1 is 1.12 bits per heavy atom. The Morgan fingerprint density at radius 3 is 2.92 bits per heavy atom. The number of halogens is 1. The number of benzene rings is 1. The van der Waals surface area contributed by atoms with Crippen molar-refractivity contribution in [2.24, 2.45) is 0 Å². The van der Waals surface area contributed by atoms with Crippen molar-refractivity contribution in [3.8, 4) is 11.5 Å². The lowest BCUT2D eigenvalue weighted by molar-refractivity contribution is 0.462. The standard InChI is InChI=1S/C15H11BrN6O2S/c16-11-4-1-3-10(7-11)14-18-17-13(24-14)9-25-15-19-20-21-22(15)8-12-5-2-6-23-12/h1-7H,8-9H2. The molecule has 0 aliphatic carbocycles. The molecule has 8 nitrogen and oxygen atoms in total. The van der Waals surface area contributed by atoms with Gasteiger partial charge in [0.05, 0.1) is 12.0 Å². The first kappa shape index (κ1) is 16.0. The molecule has 0 aliphatic heterocycles. The van der Waals surface area contributed by atoms with Gasteiger partial charge in [-0.05, 0) is 40.8 Å². The predicted molar refractivity (Wildman–Crippen MR) is 92.6 cm³/mol. The van der Waals surface area contributed by atoms with Gasteiger partial charge in [0.25, 0.3) is 0 Å². The molecule has 25 heavy (non-hydrogen) atoms. The first-order valence-electron chi connectivity index (χ1n) is 7.27. The van der Waals surface area contributed by atoms with Crippen LogP contribution in [0.15, 0.2) is 61.1 Å². The SMILES string of the molecule is Brc1cccc(-c2nnc(CSc3nnnn3Cc3ccco3)o2)c1. The summed E-state index contributed by atoms with van der Waals surface area (Å²) in [6.07, 6.45) is 1.62. The highest BCUT2D eigenvalue weighted by Crippen LogP contribution is 2.25. The predicted octanol–water partition coefficient (Wildman–Crippen LogP) is 3.42. The molecule has 0 amide bonds. The van der Waals surface area contributed by atoms with E-state index >= 15 is 0 Å². The summed E-state index contributed by atoms with van der Waals surface area (Å²) in [5.41, 5.74) is 0.862. The maximum absolute atomic E-state index is 5.71. The Morgan fingerprint density at radius 2 is 2.08 bits per heavy atom. The van der Waals surface area contributed by atoms with Crippen LogP contribution in [0.5, 0.6) is 0 Å². The molecular formula is C15H11BrN6O2S.